The van der Waals surface area contributed by atoms with E-state index in [9.17, 15) is 21.9 Å². The first-order chi connectivity index (χ1) is 10.2. The lowest BCUT2D eigenvalue weighted by molar-refractivity contribution is 0.176. The Morgan fingerprint density at radius 1 is 1.23 bits per heavy atom. The molecule has 2 N–H and O–H groups in total. The molecule has 0 aromatic heterocycles. The first kappa shape index (κ1) is 17.0. The molecule has 0 amide bonds. The van der Waals surface area contributed by atoms with Gasteiger partial charge >= 0.3 is 0 Å². The summed E-state index contributed by atoms with van der Waals surface area (Å²) in [7, 11) is -4.84. The Balaban J connectivity index is 2.35. The molecule has 10 heteroatoms. The third-order valence-electron chi connectivity index (χ3n) is 3.29. The molecule has 0 bridgehead atoms. The Kier molecular flexibility index (Phi) is 4.66. The van der Waals surface area contributed by atoms with E-state index in [0.717, 1.165) is 0 Å². The summed E-state index contributed by atoms with van der Waals surface area (Å²) in [6.07, 6.45) is -1.28. The molecule has 1 aliphatic heterocycles. The van der Waals surface area contributed by atoms with Gasteiger partial charge in [0, 0.05) is 6.07 Å². The second kappa shape index (κ2) is 6.03. The van der Waals surface area contributed by atoms with E-state index in [0.29, 0.717) is 5.75 Å². The van der Waals surface area contributed by atoms with Crippen LogP contribution in [0.3, 0.4) is 0 Å². The normalized spacial score (nSPS) is 24.1. The minimum absolute atomic E-state index is 0.0867. The molecule has 0 aliphatic carbocycles. The number of benzene rings is 1. The molecule has 124 valence electrons. The van der Waals surface area contributed by atoms with Gasteiger partial charge in [0.1, 0.15) is 16.4 Å². The molecule has 1 fully saturated rings. The van der Waals surface area contributed by atoms with Crippen molar-refractivity contribution >= 4 is 19.9 Å². The number of rotatable bonds is 5. The Labute approximate surface area is 129 Å². The van der Waals surface area contributed by atoms with Crippen molar-refractivity contribution in [2.75, 3.05) is 25.7 Å². The van der Waals surface area contributed by atoms with Gasteiger partial charge in [0.05, 0.1) is 37.9 Å². The maximum Gasteiger partial charge on any atom is 0.244 e. The van der Waals surface area contributed by atoms with Crippen LogP contribution in [0.25, 0.3) is 0 Å². The fraction of sp³-hybridized carbons (Fsp3) is 0.500. The molecule has 8 nitrogen and oxygen atoms in total. The van der Waals surface area contributed by atoms with E-state index < -0.39 is 43.5 Å². The number of sulfonamides is 1. The molecule has 1 aromatic carbocycles. The average Bonchev–Trinajstić information content (AvgIpc) is 2.69. The highest BCUT2D eigenvalue weighted by atomic mass is 32.2. The van der Waals surface area contributed by atoms with Crippen molar-refractivity contribution in [3.8, 4) is 11.5 Å². The summed E-state index contributed by atoms with van der Waals surface area (Å²) in [5.41, 5.74) is 0. The molecule has 0 saturated carbocycles. The van der Waals surface area contributed by atoms with Crippen LogP contribution in [0.5, 0.6) is 11.5 Å². The van der Waals surface area contributed by atoms with Crippen molar-refractivity contribution in [2.45, 2.75) is 17.0 Å². The lowest BCUT2D eigenvalue weighted by atomic mass is 10.2. The summed E-state index contributed by atoms with van der Waals surface area (Å²) >= 11 is 0. The average molecular weight is 351 g/mol. The Hall–Kier alpha value is -1.36. The largest absolute Gasteiger partial charge is 0.497 e. The molecule has 2 rings (SSSR count). The van der Waals surface area contributed by atoms with Gasteiger partial charge in [0.25, 0.3) is 0 Å². The molecule has 0 spiro atoms. The molecule has 1 aromatic rings. The van der Waals surface area contributed by atoms with Crippen molar-refractivity contribution < 1.29 is 31.4 Å². The molecule has 0 unspecified atom stereocenters. The predicted octanol–water partition coefficient (Wildman–Crippen LogP) is -0.860. The van der Waals surface area contributed by atoms with E-state index in [1.807, 2.05) is 0 Å². The van der Waals surface area contributed by atoms with Gasteiger partial charge in [-0.3, -0.25) is 0 Å². The van der Waals surface area contributed by atoms with Crippen LogP contribution >= 0.6 is 0 Å². The fourth-order valence-corrected chi connectivity index (χ4v) is 5.50. The Morgan fingerprint density at radius 3 is 2.41 bits per heavy atom. The van der Waals surface area contributed by atoms with Crippen LogP contribution in [-0.2, 0) is 19.9 Å². The first-order valence-corrected chi connectivity index (χ1v) is 9.62. The van der Waals surface area contributed by atoms with Crippen LogP contribution in [0.15, 0.2) is 23.1 Å². The lowest BCUT2D eigenvalue weighted by Crippen LogP contribution is -2.42. The molecular formula is C12H17NO7S2. The number of sulfone groups is 1. The van der Waals surface area contributed by atoms with E-state index in [2.05, 4.69) is 4.72 Å². The van der Waals surface area contributed by atoms with Crippen LogP contribution < -0.4 is 14.2 Å². The van der Waals surface area contributed by atoms with Crippen molar-refractivity contribution in [3.63, 3.8) is 0 Å². The topological polar surface area (TPSA) is 119 Å². The van der Waals surface area contributed by atoms with Crippen molar-refractivity contribution in [2.24, 2.45) is 0 Å². The predicted molar refractivity (Wildman–Crippen MR) is 78.3 cm³/mol. The first-order valence-electron chi connectivity index (χ1n) is 6.31. The number of methoxy groups -OCH3 is 2. The van der Waals surface area contributed by atoms with Gasteiger partial charge in [-0.2, -0.15) is 0 Å². The SMILES string of the molecule is COc1ccc(OC)c(S(=O)(=O)N[C@H]2CS(=O)(=O)C[C@H]2O)c1. The number of nitrogens with one attached hydrogen (secondary N) is 1. The number of aliphatic hydroxyl groups is 1. The molecule has 0 radical (unpaired) electrons. The van der Waals surface area contributed by atoms with Gasteiger partial charge in [-0.1, -0.05) is 0 Å². The van der Waals surface area contributed by atoms with Gasteiger partial charge in [-0.05, 0) is 12.1 Å². The summed E-state index contributed by atoms with van der Waals surface area (Å²) in [5, 5.41) is 9.70. The van der Waals surface area contributed by atoms with Crippen LogP contribution in [0.2, 0.25) is 0 Å². The third-order valence-corrected chi connectivity index (χ3v) is 6.52. The quantitative estimate of drug-likeness (QED) is 0.708. The molecule has 1 aliphatic rings. The smallest absolute Gasteiger partial charge is 0.244 e. The number of ether oxygens (including phenoxy) is 2. The van der Waals surface area contributed by atoms with Crippen molar-refractivity contribution in [1.29, 1.82) is 0 Å². The Morgan fingerprint density at radius 2 is 1.91 bits per heavy atom. The molecular weight excluding hydrogens is 334 g/mol. The van der Waals surface area contributed by atoms with Gasteiger partial charge in [-0.15, -0.1) is 0 Å². The van der Waals surface area contributed by atoms with E-state index in [4.69, 9.17) is 9.47 Å². The molecule has 22 heavy (non-hydrogen) atoms. The van der Waals surface area contributed by atoms with Crippen LogP contribution in [-0.4, -0.2) is 59.8 Å². The summed E-state index contributed by atoms with van der Waals surface area (Å²) in [4.78, 5) is -0.189. The minimum Gasteiger partial charge on any atom is -0.497 e. The van der Waals surface area contributed by atoms with Gasteiger partial charge in [0.2, 0.25) is 10.0 Å². The van der Waals surface area contributed by atoms with Gasteiger partial charge < -0.3 is 14.6 Å². The molecule has 2 atom stereocenters. The molecule has 1 saturated heterocycles. The molecule has 1 heterocycles. The summed E-state index contributed by atoms with van der Waals surface area (Å²) in [6, 6.07) is 3.13. The maximum atomic E-state index is 12.4. The van der Waals surface area contributed by atoms with Crippen LogP contribution in [0.1, 0.15) is 0 Å². The van der Waals surface area contributed by atoms with Gasteiger partial charge in [0.15, 0.2) is 9.84 Å². The zero-order valence-corrected chi connectivity index (χ0v) is 13.6. The zero-order valence-electron chi connectivity index (χ0n) is 12.0. The maximum absolute atomic E-state index is 12.4. The number of aliphatic hydroxyl groups excluding tert-OH is 1. The summed E-state index contributed by atoms with van der Waals surface area (Å²) < 4.78 is 60.0. The van der Waals surface area contributed by atoms with Crippen molar-refractivity contribution in [3.05, 3.63) is 18.2 Å². The Bertz CT molecular complexity index is 758. The van der Waals surface area contributed by atoms with E-state index in [-0.39, 0.29) is 10.6 Å². The lowest BCUT2D eigenvalue weighted by Gasteiger charge is -2.17. The summed E-state index contributed by atoms with van der Waals surface area (Å²) in [5.74, 6) is -0.515. The van der Waals surface area contributed by atoms with E-state index in [1.54, 1.807) is 0 Å². The monoisotopic (exact) mass is 351 g/mol. The highest BCUT2D eigenvalue weighted by Crippen LogP contribution is 2.28. The third kappa shape index (κ3) is 3.51. The van der Waals surface area contributed by atoms with Crippen LogP contribution in [0, 0.1) is 0 Å². The van der Waals surface area contributed by atoms with Gasteiger partial charge in [-0.25, -0.2) is 21.6 Å². The summed E-state index contributed by atoms with van der Waals surface area (Å²) in [6.45, 7) is 0. The van der Waals surface area contributed by atoms with E-state index in [1.165, 1.54) is 32.4 Å². The fourth-order valence-electron chi connectivity index (χ4n) is 2.20. The second-order valence-electron chi connectivity index (χ2n) is 4.89. The van der Waals surface area contributed by atoms with E-state index >= 15 is 0 Å². The van der Waals surface area contributed by atoms with Crippen molar-refractivity contribution in [1.82, 2.24) is 4.72 Å². The standard InChI is InChI=1S/C12H17NO7S2/c1-19-8-3-4-11(20-2)12(5-8)22(17,18)13-9-6-21(15,16)7-10(9)14/h3-5,9-10,13-14H,6-7H2,1-2H3/t9-,10+/m0/s1. The number of hydrogen-bond acceptors (Lipinski definition) is 7. The zero-order chi connectivity index (χ0) is 16.5. The highest BCUT2D eigenvalue weighted by molar-refractivity contribution is 7.92. The minimum atomic E-state index is -4.08. The van der Waals surface area contributed by atoms with Crippen LogP contribution in [0.4, 0.5) is 0 Å². The number of hydrogen-bond donors (Lipinski definition) is 2. The highest BCUT2D eigenvalue weighted by Gasteiger charge is 2.39. The second-order valence-corrected chi connectivity index (χ2v) is 8.73.